The molecule has 2 heterocycles. The van der Waals surface area contributed by atoms with Crippen molar-refractivity contribution in [2.24, 2.45) is 17.3 Å². The normalized spacial score (nSPS) is 38.7. The molecule has 2 fully saturated rings. The van der Waals surface area contributed by atoms with Crippen molar-refractivity contribution in [1.82, 2.24) is 10.6 Å². The Morgan fingerprint density at radius 2 is 2.00 bits per heavy atom. The maximum Gasteiger partial charge on any atom is 0.237 e. The first-order valence-corrected chi connectivity index (χ1v) is 13.2. The van der Waals surface area contributed by atoms with Gasteiger partial charge in [-0.3, -0.25) is 9.59 Å². The molecule has 200 valence electrons. The zero-order valence-electron chi connectivity index (χ0n) is 21.4. The van der Waals surface area contributed by atoms with E-state index in [1.54, 1.807) is 25.1 Å². The number of rotatable bonds is 4. The quantitative estimate of drug-likeness (QED) is 0.469. The van der Waals surface area contributed by atoms with Crippen LogP contribution in [0.2, 0.25) is 0 Å². The summed E-state index contributed by atoms with van der Waals surface area (Å²) in [6.45, 7) is 7.83. The van der Waals surface area contributed by atoms with Crippen molar-refractivity contribution >= 4 is 29.1 Å². The van der Waals surface area contributed by atoms with Gasteiger partial charge >= 0.3 is 0 Å². The van der Waals surface area contributed by atoms with E-state index >= 15 is 4.39 Å². The average Bonchev–Trinajstić information content (AvgIpc) is 3.23. The lowest BCUT2D eigenvalue weighted by Crippen LogP contribution is -2.58. The molecular weight excluding hydrogens is 500 g/mol. The topological polar surface area (TPSA) is 90.5 Å². The second kappa shape index (κ2) is 8.89. The van der Waals surface area contributed by atoms with Crippen LogP contribution >= 0.6 is 11.6 Å². The second-order valence-corrected chi connectivity index (χ2v) is 13.0. The van der Waals surface area contributed by atoms with E-state index in [4.69, 9.17) is 11.6 Å². The lowest BCUT2D eigenvalue weighted by Gasteiger charge is -2.43. The fourth-order valence-electron chi connectivity index (χ4n) is 6.90. The summed E-state index contributed by atoms with van der Waals surface area (Å²) in [6, 6.07) is 2.48. The summed E-state index contributed by atoms with van der Waals surface area (Å²) in [4.78, 5) is 27.8. The SMILES string of the molecule is CC(C)(C)C[C@@H]1N[C@@H](C(=O)NC2CC(C)(O)C2)[C@H](C2C=CC=C(Cl)C2F)[C@]12C(=O)Nc1cc(F)ccc12. The summed E-state index contributed by atoms with van der Waals surface area (Å²) in [7, 11) is 0. The highest BCUT2D eigenvalue weighted by Gasteiger charge is 2.67. The van der Waals surface area contributed by atoms with Crippen molar-refractivity contribution in [3.8, 4) is 0 Å². The van der Waals surface area contributed by atoms with Crippen molar-refractivity contribution in [3.05, 3.63) is 52.8 Å². The summed E-state index contributed by atoms with van der Waals surface area (Å²) >= 11 is 6.25. The molecule has 6 atom stereocenters. The number of amides is 2. The molecule has 4 aliphatic rings. The Morgan fingerprint density at radius 1 is 1.30 bits per heavy atom. The molecule has 1 aromatic rings. The van der Waals surface area contributed by atoms with Gasteiger partial charge in [-0.05, 0) is 55.4 Å². The minimum absolute atomic E-state index is 0.00820. The van der Waals surface area contributed by atoms with E-state index in [0.717, 1.165) is 0 Å². The van der Waals surface area contributed by atoms with Gasteiger partial charge in [0.25, 0.3) is 0 Å². The number of fused-ring (bicyclic) bond motifs is 2. The molecule has 37 heavy (non-hydrogen) atoms. The van der Waals surface area contributed by atoms with Gasteiger partial charge in [0.1, 0.15) is 12.0 Å². The standard InChI is InChI=1S/C28H34ClF2N3O3/c1-26(2,3)13-20-28(17-9-8-14(30)10-19(17)33-25(28)36)21(16-6-5-7-18(29)22(16)31)23(34-20)24(35)32-15-11-27(4,37)12-15/h5-10,15-16,20-23,34,37H,11-13H2,1-4H3,(H,32,35)(H,33,36)/t15?,16?,20-,21-,22?,23+,27?,28+/m0/s1. The van der Waals surface area contributed by atoms with E-state index in [-0.39, 0.29) is 28.3 Å². The molecule has 2 aliphatic heterocycles. The van der Waals surface area contributed by atoms with Crippen LogP contribution in [0, 0.1) is 23.1 Å². The van der Waals surface area contributed by atoms with Crippen LogP contribution in [0.5, 0.6) is 0 Å². The van der Waals surface area contributed by atoms with Crippen LogP contribution in [0.4, 0.5) is 14.5 Å². The lowest BCUT2D eigenvalue weighted by atomic mass is 9.59. The Labute approximate surface area is 220 Å². The largest absolute Gasteiger partial charge is 0.390 e. The Kier molecular flexibility index (Phi) is 6.32. The van der Waals surface area contributed by atoms with Gasteiger partial charge in [0.15, 0.2) is 0 Å². The van der Waals surface area contributed by atoms with Crippen LogP contribution in [-0.4, -0.2) is 46.8 Å². The predicted molar refractivity (Wildman–Crippen MR) is 138 cm³/mol. The zero-order chi connectivity index (χ0) is 26.9. The molecule has 2 unspecified atom stereocenters. The van der Waals surface area contributed by atoms with Gasteiger partial charge in [-0.25, -0.2) is 8.78 Å². The van der Waals surface area contributed by atoms with Gasteiger partial charge < -0.3 is 21.1 Å². The number of halogens is 3. The van der Waals surface area contributed by atoms with Crippen molar-refractivity contribution in [2.75, 3.05) is 5.32 Å². The Morgan fingerprint density at radius 3 is 2.65 bits per heavy atom. The van der Waals surface area contributed by atoms with Crippen LogP contribution in [0.15, 0.2) is 41.5 Å². The van der Waals surface area contributed by atoms with Gasteiger partial charge in [0, 0.05) is 29.6 Å². The van der Waals surface area contributed by atoms with Crippen molar-refractivity contribution < 1.29 is 23.5 Å². The number of carbonyl (C=O) groups is 2. The van der Waals surface area contributed by atoms with Gasteiger partial charge in [-0.2, -0.15) is 0 Å². The molecule has 0 aromatic heterocycles. The van der Waals surface area contributed by atoms with Gasteiger partial charge in [0.2, 0.25) is 11.8 Å². The van der Waals surface area contributed by atoms with Gasteiger partial charge in [0.05, 0.1) is 22.1 Å². The fraction of sp³-hybridized carbons (Fsp3) is 0.571. The minimum Gasteiger partial charge on any atom is -0.390 e. The summed E-state index contributed by atoms with van der Waals surface area (Å²) in [5, 5.41) is 19.4. The highest BCUT2D eigenvalue weighted by Crippen LogP contribution is 2.56. The third-order valence-electron chi connectivity index (χ3n) is 8.29. The van der Waals surface area contributed by atoms with Crippen molar-refractivity contribution in [1.29, 1.82) is 0 Å². The number of benzene rings is 1. The van der Waals surface area contributed by atoms with Crippen LogP contribution in [0.25, 0.3) is 0 Å². The molecule has 0 bridgehead atoms. The number of anilines is 1. The number of carbonyl (C=O) groups excluding carboxylic acids is 2. The highest BCUT2D eigenvalue weighted by atomic mass is 35.5. The molecule has 2 amide bonds. The van der Waals surface area contributed by atoms with E-state index in [2.05, 4.69) is 16.0 Å². The third-order valence-corrected chi connectivity index (χ3v) is 8.62. The second-order valence-electron chi connectivity index (χ2n) is 12.5. The van der Waals surface area contributed by atoms with Crippen molar-refractivity contribution in [2.45, 2.75) is 82.3 Å². The Hall–Kier alpha value is -2.29. The smallest absolute Gasteiger partial charge is 0.237 e. The number of aliphatic hydroxyl groups is 1. The van der Waals surface area contributed by atoms with Crippen LogP contribution in [-0.2, 0) is 15.0 Å². The summed E-state index contributed by atoms with van der Waals surface area (Å²) < 4.78 is 30.0. The number of allylic oxidation sites excluding steroid dienone is 4. The molecule has 1 saturated carbocycles. The molecule has 6 nitrogen and oxygen atoms in total. The first-order valence-electron chi connectivity index (χ1n) is 12.8. The van der Waals surface area contributed by atoms with E-state index in [1.807, 2.05) is 20.8 Å². The van der Waals surface area contributed by atoms with E-state index in [9.17, 15) is 19.1 Å². The monoisotopic (exact) mass is 533 g/mol. The molecule has 0 radical (unpaired) electrons. The van der Waals surface area contributed by atoms with Gasteiger partial charge in [-0.15, -0.1) is 0 Å². The number of nitrogens with one attached hydrogen (secondary N) is 3. The summed E-state index contributed by atoms with van der Waals surface area (Å²) in [5.41, 5.74) is -1.52. The van der Waals surface area contributed by atoms with E-state index in [0.29, 0.717) is 30.5 Å². The van der Waals surface area contributed by atoms with Crippen molar-refractivity contribution in [3.63, 3.8) is 0 Å². The molecular formula is C28H34ClF2N3O3. The van der Waals surface area contributed by atoms with Gasteiger partial charge in [-0.1, -0.05) is 50.6 Å². The molecule has 1 saturated heterocycles. The molecule has 1 aromatic carbocycles. The van der Waals surface area contributed by atoms with Crippen LogP contribution in [0.3, 0.4) is 0 Å². The first-order chi connectivity index (χ1) is 17.2. The maximum atomic E-state index is 15.8. The van der Waals surface area contributed by atoms with Crippen LogP contribution in [0.1, 0.15) is 52.5 Å². The summed E-state index contributed by atoms with van der Waals surface area (Å²) in [5.74, 6) is -2.95. The Bertz CT molecular complexity index is 1190. The highest BCUT2D eigenvalue weighted by molar-refractivity contribution is 6.30. The average molecular weight is 534 g/mol. The third kappa shape index (κ3) is 4.41. The molecule has 5 rings (SSSR count). The number of hydrogen-bond acceptors (Lipinski definition) is 4. The first kappa shape index (κ1) is 26.3. The lowest BCUT2D eigenvalue weighted by molar-refractivity contribution is -0.129. The molecule has 9 heteroatoms. The van der Waals surface area contributed by atoms with E-state index < -0.39 is 46.9 Å². The fourth-order valence-corrected chi connectivity index (χ4v) is 7.11. The minimum atomic E-state index is -1.61. The van der Waals surface area contributed by atoms with Crippen LogP contribution < -0.4 is 16.0 Å². The summed E-state index contributed by atoms with van der Waals surface area (Å²) in [6.07, 6.45) is 4.54. The van der Waals surface area contributed by atoms with E-state index in [1.165, 1.54) is 18.2 Å². The maximum absolute atomic E-state index is 15.8. The predicted octanol–water partition coefficient (Wildman–Crippen LogP) is 4.08. The molecule has 4 N–H and O–H groups in total. The molecule has 1 spiro atoms. The molecule has 2 aliphatic carbocycles. The zero-order valence-corrected chi connectivity index (χ0v) is 22.2. The Balaban J connectivity index is 1.64. The number of hydrogen-bond donors (Lipinski definition) is 4. The number of alkyl halides is 1.